The first kappa shape index (κ1) is 23.0. The fourth-order valence-electron chi connectivity index (χ4n) is 3.78. The first-order valence-corrected chi connectivity index (χ1v) is 10.8. The van der Waals surface area contributed by atoms with Crippen molar-refractivity contribution in [3.05, 3.63) is 83.9 Å². The normalized spacial score (nSPS) is 16.2. The molecule has 1 aliphatic heterocycles. The summed E-state index contributed by atoms with van der Waals surface area (Å²) in [6.45, 7) is 1.47. The summed E-state index contributed by atoms with van der Waals surface area (Å²) in [6, 6.07) is 19.8. The molecule has 4 rings (SSSR count). The van der Waals surface area contributed by atoms with E-state index in [4.69, 9.17) is 4.74 Å². The lowest BCUT2D eigenvalue weighted by atomic mass is 9.97. The molecule has 1 saturated heterocycles. The van der Waals surface area contributed by atoms with E-state index in [1.54, 1.807) is 37.4 Å². The zero-order valence-electron chi connectivity index (χ0n) is 18.8. The highest BCUT2D eigenvalue weighted by Gasteiger charge is 2.43. The van der Waals surface area contributed by atoms with Gasteiger partial charge in [-0.25, -0.2) is 4.79 Å². The van der Waals surface area contributed by atoms with Gasteiger partial charge < -0.3 is 20.5 Å². The van der Waals surface area contributed by atoms with Gasteiger partial charge in [0.05, 0.1) is 7.11 Å². The van der Waals surface area contributed by atoms with E-state index < -0.39 is 36.5 Å². The Morgan fingerprint density at radius 2 is 1.74 bits per heavy atom. The van der Waals surface area contributed by atoms with Gasteiger partial charge in [-0.3, -0.25) is 14.5 Å². The van der Waals surface area contributed by atoms with Crippen LogP contribution in [-0.4, -0.2) is 47.5 Å². The van der Waals surface area contributed by atoms with E-state index in [0.29, 0.717) is 17.0 Å². The van der Waals surface area contributed by atoms with Crippen molar-refractivity contribution in [2.75, 3.05) is 19.0 Å². The molecular formula is C26H25N3O5. The number of imide groups is 1. The number of hydrogen-bond donors (Lipinski definition) is 3. The number of amides is 4. The van der Waals surface area contributed by atoms with Crippen LogP contribution in [0.3, 0.4) is 0 Å². The number of rotatable bonds is 7. The van der Waals surface area contributed by atoms with Gasteiger partial charge in [0.25, 0.3) is 5.91 Å². The van der Waals surface area contributed by atoms with Crippen LogP contribution < -0.4 is 15.4 Å². The van der Waals surface area contributed by atoms with Crippen LogP contribution in [0.2, 0.25) is 0 Å². The molecule has 1 fully saturated rings. The molecule has 0 aromatic heterocycles. The Kier molecular flexibility index (Phi) is 6.60. The Morgan fingerprint density at radius 1 is 1.06 bits per heavy atom. The maximum atomic E-state index is 12.9. The molecule has 0 bridgehead atoms. The van der Waals surface area contributed by atoms with Gasteiger partial charge in [0.1, 0.15) is 24.4 Å². The molecular weight excluding hydrogens is 434 g/mol. The second-order valence-electron chi connectivity index (χ2n) is 8.07. The molecule has 0 saturated carbocycles. The number of nitrogens with one attached hydrogen (secondary N) is 2. The first-order valence-electron chi connectivity index (χ1n) is 10.8. The highest BCUT2D eigenvalue weighted by atomic mass is 16.5. The molecule has 3 N–H and O–H groups in total. The van der Waals surface area contributed by atoms with Crippen LogP contribution in [-0.2, 0) is 9.59 Å². The third kappa shape index (κ3) is 4.92. The van der Waals surface area contributed by atoms with E-state index in [9.17, 15) is 19.5 Å². The van der Waals surface area contributed by atoms with Crippen LogP contribution in [0, 0.1) is 6.92 Å². The Bertz CT molecular complexity index is 1230. The summed E-state index contributed by atoms with van der Waals surface area (Å²) in [5, 5.41) is 16.1. The number of carbonyl (C=O) groups excluding carboxylic acids is 3. The standard InChI is InChI=1S/C26H25N3O5/c1-16-9-11-20(12-10-16)27-22(30)15-29-25(32)23(28-26(29)33)24(31)19-7-3-5-17(13-19)18-6-4-8-21(14-18)34-2/h3-14,23-24,31H,15H2,1-2H3,(H,27,30)(H,28,33). The number of ether oxygens (including phenoxy) is 1. The van der Waals surface area contributed by atoms with Gasteiger partial charge >= 0.3 is 6.03 Å². The van der Waals surface area contributed by atoms with Crippen molar-refractivity contribution >= 4 is 23.5 Å². The molecule has 3 aromatic rings. The molecule has 0 aliphatic carbocycles. The third-order valence-corrected chi connectivity index (χ3v) is 5.64. The van der Waals surface area contributed by atoms with E-state index in [0.717, 1.165) is 21.6 Å². The van der Waals surface area contributed by atoms with Gasteiger partial charge in [0.15, 0.2) is 0 Å². The number of aliphatic hydroxyl groups is 1. The van der Waals surface area contributed by atoms with Crippen molar-refractivity contribution in [1.82, 2.24) is 10.2 Å². The molecule has 4 amide bonds. The van der Waals surface area contributed by atoms with Crippen molar-refractivity contribution in [3.8, 4) is 16.9 Å². The molecule has 2 atom stereocenters. The van der Waals surface area contributed by atoms with Crippen molar-refractivity contribution in [2.45, 2.75) is 19.1 Å². The van der Waals surface area contributed by atoms with Crippen LogP contribution in [0.15, 0.2) is 72.8 Å². The summed E-state index contributed by atoms with van der Waals surface area (Å²) < 4.78 is 5.27. The largest absolute Gasteiger partial charge is 0.497 e. The van der Waals surface area contributed by atoms with Crippen LogP contribution in [0.4, 0.5) is 10.5 Å². The summed E-state index contributed by atoms with van der Waals surface area (Å²) in [6.07, 6.45) is -1.29. The van der Waals surface area contributed by atoms with Gasteiger partial charge in [-0.15, -0.1) is 0 Å². The number of urea groups is 1. The van der Waals surface area contributed by atoms with E-state index in [1.807, 2.05) is 49.4 Å². The van der Waals surface area contributed by atoms with E-state index in [2.05, 4.69) is 10.6 Å². The van der Waals surface area contributed by atoms with Gasteiger partial charge in [-0.2, -0.15) is 0 Å². The summed E-state index contributed by atoms with van der Waals surface area (Å²) in [7, 11) is 1.58. The number of methoxy groups -OCH3 is 1. The van der Waals surface area contributed by atoms with E-state index >= 15 is 0 Å². The number of benzene rings is 3. The fourth-order valence-corrected chi connectivity index (χ4v) is 3.78. The first-order chi connectivity index (χ1) is 16.4. The molecule has 34 heavy (non-hydrogen) atoms. The van der Waals surface area contributed by atoms with Crippen molar-refractivity contribution in [3.63, 3.8) is 0 Å². The fraction of sp³-hybridized carbons (Fsp3) is 0.192. The van der Waals surface area contributed by atoms with Gasteiger partial charge in [-0.05, 0) is 53.9 Å². The Labute approximate surface area is 197 Å². The predicted octanol–water partition coefficient (Wildman–Crippen LogP) is 3.26. The minimum absolute atomic E-state index is 0.453. The minimum atomic E-state index is -1.29. The SMILES string of the molecule is COc1cccc(-c2cccc(C(O)C3NC(=O)N(CC(=O)Nc4ccc(C)cc4)C3=O)c2)c1. The summed E-state index contributed by atoms with van der Waals surface area (Å²) in [4.78, 5) is 38.5. The van der Waals surface area contributed by atoms with Crippen molar-refractivity contribution in [2.24, 2.45) is 0 Å². The molecule has 1 heterocycles. The summed E-state index contributed by atoms with van der Waals surface area (Å²) >= 11 is 0. The lowest BCUT2D eigenvalue weighted by molar-refractivity contribution is -0.132. The topological polar surface area (TPSA) is 108 Å². The monoisotopic (exact) mass is 459 g/mol. The number of aryl methyl sites for hydroxylation is 1. The van der Waals surface area contributed by atoms with Gasteiger partial charge in [-0.1, -0.05) is 48.0 Å². The Morgan fingerprint density at radius 3 is 2.44 bits per heavy atom. The van der Waals surface area contributed by atoms with Gasteiger partial charge in [0.2, 0.25) is 5.91 Å². The predicted molar refractivity (Wildman–Crippen MR) is 127 cm³/mol. The van der Waals surface area contributed by atoms with E-state index in [1.165, 1.54) is 0 Å². The molecule has 0 radical (unpaired) electrons. The summed E-state index contributed by atoms with van der Waals surface area (Å²) in [5.74, 6) is -0.480. The Balaban J connectivity index is 1.46. The lowest BCUT2D eigenvalue weighted by Crippen LogP contribution is -2.39. The van der Waals surface area contributed by atoms with Gasteiger partial charge in [0, 0.05) is 5.69 Å². The van der Waals surface area contributed by atoms with Crippen LogP contribution in [0.5, 0.6) is 5.75 Å². The second-order valence-corrected chi connectivity index (χ2v) is 8.07. The summed E-state index contributed by atoms with van der Waals surface area (Å²) in [5.41, 5.74) is 3.77. The van der Waals surface area contributed by atoms with Crippen molar-refractivity contribution < 1.29 is 24.2 Å². The van der Waals surface area contributed by atoms with Crippen LogP contribution in [0.25, 0.3) is 11.1 Å². The van der Waals surface area contributed by atoms with E-state index in [-0.39, 0.29) is 0 Å². The minimum Gasteiger partial charge on any atom is -0.497 e. The Hall–Kier alpha value is -4.17. The highest BCUT2D eigenvalue weighted by Crippen LogP contribution is 2.28. The average Bonchev–Trinajstić information content (AvgIpc) is 3.13. The number of aliphatic hydroxyl groups excluding tert-OH is 1. The van der Waals surface area contributed by atoms with Crippen LogP contribution in [0.1, 0.15) is 17.2 Å². The van der Waals surface area contributed by atoms with Crippen molar-refractivity contribution in [1.29, 1.82) is 0 Å². The molecule has 0 spiro atoms. The zero-order valence-corrected chi connectivity index (χ0v) is 18.8. The third-order valence-electron chi connectivity index (χ3n) is 5.64. The maximum Gasteiger partial charge on any atom is 0.325 e. The highest BCUT2D eigenvalue weighted by molar-refractivity contribution is 6.08. The lowest BCUT2D eigenvalue weighted by Gasteiger charge is -2.18. The zero-order chi connectivity index (χ0) is 24.2. The molecule has 1 aliphatic rings. The second kappa shape index (κ2) is 9.76. The smallest absolute Gasteiger partial charge is 0.325 e. The molecule has 8 nitrogen and oxygen atoms in total. The number of carbonyl (C=O) groups is 3. The number of anilines is 1. The number of hydrogen-bond acceptors (Lipinski definition) is 5. The molecule has 3 aromatic carbocycles. The average molecular weight is 460 g/mol. The van der Waals surface area contributed by atoms with Crippen LogP contribution >= 0.6 is 0 Å². The maximum absolute atomic E-state index is 12.9. The quantitative estimate of drug-likeness (QED) is 0.470. The molecule has 8 heteroatoms. The molecule has 2 unspecified atom stereocenters. The molecule has 174 valence electrons. The number of nitrogens with zero attached hydrogens (tertiary/aromatic N) is 1.